The molecule has 0 aliphatic carbocycles. The standard InChI is InChI=1S/C60H86F3N5O17/c1-4-68(5-2)53-12-13-55(54(45-53)56-44-51(14-15-64-56)57(69)66-46-48-8-7-11-52(43-48)60(61,62)63)67-58(70)50-10-6-9-49(42-50)47-84-39-38-82-35-34-80-31-30-79-32-33-81-36-37-83-40-41-85-59(71)65-16-17-73-20-21-75-24-25-77-28-29-78-27-26-76-23-22-74-19-18-72-3/h6-15,42-45H,4-5,16-41,46-47H2,1-3H3,(H,65,71)(H,66,69)(H,67,70). The summed E-state index contributed by atoms with van der Waals surface area (Å²) in [5.74, 6) is -0.867. The molecule has 22 nitrogen and oxygen atoms in total. The van der Waals surface area contributed by atoms with Gasteiger partial charge in [0.2, 0.25) is 0 Å². The molecule has 0 aliphatic heterocycles. The molecule has 0 saturated carbocycles. The van der Waals surface area contributed by atoms with Gasteiger partial charge in [-0.1, -0.05) is 24.3 Å². The molecular weight excluding hydrogens is 1120 g/mol. The lowest BCUT2D eigenvalue weighted by Crippen LogP contribution is -2.29. The normalized spacial score (nSPS) is 11.5. The Kier molecular flexibility index (Phi) is 38.2. The summed E-state index contributed by atoms with van der Waals surface area (Å²) in [6.07, 6.45) is -3.59. The van der Waals surface area contributed by atoms with Crippen molar-refractivity contribution in [2.75, 3.05) is 202 Å². The van der Waals surface area contributed by atoms with Crippen LogP contribution < -0.4 is 20.9 Å². The van der Waals surface area contributed by atoms with E-state index in [9.17, 15) is 27.6 Å². The van der Waals surface area contributed by atoms with Gasteiger partial charge < -0.3 is 87.2 Å². The molecule has 1 heterocycles. The number of halogens is 3. The fourth-order valence-electron chi connectivity index (χ4n) is 7.60. The molecule has 3 N–H and O–H groups in total. The molecule has 1 aromatic heterocycles. The van der Waals surface area contributed by atoms with Crippen molar-refractivity contribution in [1.82, 2.24) is 15.6 Å². The lowest BCUT2D eigenvalue weighted by atomic mass is 10.0. The van der Waals surface area contributed by atoms with Crippen LogP contribution in [0.5, 0.6) is 0 Å². The van der Waals surface area contributed by atoms with Crippen LogP contribution in [-0.4, -0.2) is 215 Å². The van der Waals surface area contributed by atoms with E-state index in [0.717, 1.165) is 36.5 Å². The molecule has 3 amide bonds. The minimum absolute atomic E-state index is 0.102. The van der Waals surface area contributed by atoms with Crippen LogP contribution in [0.3, 0.4) is 0 Å². The van der Waals surface area contributed by atoms with Crippen molar-refractivity contribution < 1.29 is 93.9 Å². The maximum atomic E-state index is 13.7. The number of hydrogen-bond donors (Lipinski definition) is 3. The predicted molar refractivity (Wildman–Crippen MR) is 310 cm³/mol. The van der Waals surface area contributed by atoms with Crippen molar-refractivity contribution in [3.05, 3.63) is 113 Å². The first-order valence-electron chi connectivity index (χ1n) is 28.5. The number of nitrogens with one attached hydrogen (secondary N) is 3. The summed E-state index contributed by atoms with van der Waals surface area (Å²) in [6.45, 7) is 16.1. The molecule has 0 aliphatic rings. The van der Waals surface area contributed by atoms with Crippen LogP contribution in [0.1, 0.15) is 51.3 Å². The van der Waals surface area contributed by atoms with Crippen molar-refractivity contribution in [2.24, 2.45) is 0 Å². The highest BCUT2D eigenvalue weighted by Gasteiger charge is 2.30. The average molecular weight is 1210 g/mol. The van der Waals surface area contributed by atoms with Crippen LogP contribution >= 0.6 is 0 Å². The van der Waals surface area contributed by atoms with Crippen LogP contribution in [0.15, 0.2) is 85.1 Å². The lowest BCUT2D eigenvalue weighted by molar-refractivity contribution is -0.137. The van der Waals surface area contributed by atoms with Gasteiger partial charge in [-0.15, -0.1) is 0 Å². The van der Waals surface area contributed by atoms with E-state index >= 15 is 0 Å². The van der Waals surface area contributed by atoms with Gasteiger partial charge in [0.15, 0.2) is 0 Å². The second-order valence-electron chi connectivity index (χ2n) is 18.2. The first-order valence-corrected chi connectivity index (χ1v) is 28.5. The fraction of sp³-hybridized carbons (Fsp3) is 0.567. The summed E-state index contributed by atoms with van der Waals surface area (Å²) < 4.78 is 116. The first kappa shape index (κ1) is 71.6. The number of nitrogens with zero attached hydrogens (tertiary/aromatic N) is 2. The topological polar surface area (TPSA) is 233 Å². The number of pyridine rings is 1. The Labute approximate surface area is 496 Å². The molecule has 25 heteroatoms. The Morgan fingerprint density at radius 3 is 1.51 bits per heavy atom. The first-order chi connectivity index (χ1) is 41.5. The van der Waals surface area contributed by atoms with Gasteiger partial charge in [-0.3, -0.25) is 14.6 Å². The van der Waals surface area contributed by atoms with Gasteiger partial charge >= 0.3 is 12.3 Å². The number of ether oxygens (including phenoxy) is 14. The van der Waals surface area contributed by atoms with E-state index in [0.29, 0.717) is 187 Å². The molecule has 0 radical (unpaired) electrons. The highest BCUT2D eigenvalue weighted by Crippen LogP contribution is 2.33. The number of amides is 3. The van der Waals surface area contributed by atoms with E-state index in [-0.39, 0.29) is 37.8 Å². The number of rotatable bonds is 50. The zero-order valence-corrected chi connectivity index (χ0v) is 49.3. The summed E-state index contributed by atoms with van der Waals surface area (Å²) >= 11 is 0. The van der Waals surface area contributed by atoms with E-state index in [1.165, 1.54) is 24.4 Å². The number of benzene rings is 3. The van der Waals surface area contributed by atoms with Crippen molar-refractivity contribution in [3.8, 4) is 11.3 Å². The van der Waals surface area contributed by atoms with Gasteiger partial charge in [0.25, 0.3) is 11.8 Å². The van der Waals surface area contributed by atoms with Crippen molar-refractivity contribution >= 4 is 29.3 Å². The van der Waals surface area contributed by atoms with Gasteiger partial charge in [-0.25, -0.2) is 4.79 Å². The van der Waals surface area contributed by atoms with E-state index in [1.807, 2.05) is 32.0 Å². The number of carbonyl (C=O) groups excluding carboxylic acids is 3. The summed E-state index contributed by atoms with van der Waals surface area (Å²) in [4.78, 5) is 45.5. The third-order valence-corrected chi connectivity index (χ3v) is 12.0. The highest BCUT2D eigenvalue weighted by atomic mass is 19.4. The van der Waals surface area contributed by atoms with Gasteiger partial charge in [0.05, 0.1) is 182 Å². The number of alkyl halides is 3. The van der Waals surface area contributed by atoms with E-state index in [1.54, 1.807) is 37.4 Å². The SMILES string of the molecule is CCN(CC)c1ccc(NC(=O)c2cccc(COCCOCCOCCOCCOCCOCCOC(=O)NCCOCCOCCOCCOCCOCCOCCOC)c2)c(-c2cc(C(=O)NCc3cccc(C(F)(F)F)c3)ccn2)c1. The number of anilines is 2. The molecule has 4 aromatic rings. The minimum atomic E-state index is -4.51. The zero-order valence-electron chi connectivity index (χ0n) is 49.3. The third kappa shape index (κ3) is 32.4. The second-order valence-corrected chi connectivity index (χ2v) is 18.2. The number of carbonyl (C=O) groups is 3. The lowest BCUT2D eigenvalue weighted by Gasteiger charge is -2.23. The van der Waals surface area contributed by atoms with Crippen LogP contribution in [0.2, 0.25) is 0 Å². The zero-order chi connectivity index (χ0) is 60.8. The molecular formula is C60H86F3N5O17. The Hall–Kier alpha value is -5.91. The monoisotopic (exact) mass is 1210 g/mol. The van der Waals surface area contributed by atoms with Gasteiger partial charge in [0, 0.05) is 61.9 Å². The third-order valence-electron chi connectivity index (χ3n) is 12.0. The fourth-order valence-corrected chi connectivity index (χ4v) is 7.60. The number of hydrogen-bond acceptors (Lipinski definition) is 19. The Balaban J connectivity index is 0.951. The number of aromatic nitrogens is 1. The molecule has 3 aromatic carbocycles. The summed E-state index contributed by atoms with van der Waals surface area (Å²) in [6, 6.07) is 20.6. The van der Waals surface area contributed by atoms with Crippen molar-refractivity contribution in [1.29, 1.82) is 0 Å². The Morgan fingerprint density at radius 2 is 0.976 bits per heavy atom. The van der Waals surface area contributed by atoms with Crippen molar-refractivity contribution in [3.63, 3.8) is 0 Å². The predicted octanol–water partition coefficient (Wildman–Crippen LogP) is 6.87. The van der Waals surface area contributed by atoms with Crippen LogP contribution in [0, 0.1) is 0 Å². The summed E-state index contributed by atoms with van der Waals surface area (Å²) in [7, 11) is 1.63. The van der Waals surface area contributed by atoms with E-state index < -0.39 is 23.7 Å². The van der Waals surface area contributed by atoms with E-state index in [2.05, 4.69) is 25.8 Å². The molecule has 474 valence electrons. The number of alkyl carbamates (subject to hydrolysis) is 1. The highest BCUT2D eigenvalue weighted by molar-refractivity contribution is 6.06. The quantitative estimate of drug-likeness (QED) is 0.0383. The van der Waals surface area contributed by atoms with Gasteiger partial charge in [-0.05, 0) is 79.6 Å². The molecule has 85 heavy (non-hydrogen) atoms. The molecule has 0 fully saturated rings. The molecule has 0 bridgehead atoms. The summed E-state index contributed by atoms with van der Waals surface area (Å²) in [5.41, 5.74) is 3.26. The molecule has 0 atom stereocenters. The van der Waals surface area contributed by atoms with E-state index in [4.69, 9.17) is 66.3 Å². The molecule has 0 saturated heterocycles. The Morgan fingerprint density at radius 1 is 0.494 bits per heavy atom. The van der Waals surface area contributed by atoms with Gasteiger partial charge in [0.1, 0.15) is 6.61 Å². The maximum Gasteiger partial charge on any atom is 0.416 e. The maximum absolute atomic E-state index is 13.7. The largest absolute Gasteiger partial charge is 0.447 e. The van der Waals surface area contributed by atoms with Crippen LogP contribution in [0.25, 0.3) is 11.3 Å². The molecule has 4 rings (SSSR count). The number of methoxy groups -OCH3 is 1. The smallest absolute Gasteiger partial charge is 0.416 e. The van der Waals surface area contributed by atoms with Crippen LogP contribution in [0.4, 0.5) is 29.3 Å². The average Bonchev–Trinajstić information content (AvgIpc) is 3.69. The second kappa shape index (κ2) is 45.4. The molecule has 0 unspecified atom stereocenters. The van der Waals surface area contributed by atoms with Crippen molar-refractivity contribution in [2.45, 2.75) is 33.2 Å². The molecule has 0 spiro atoms. The van der Waals surface area contributed by atoms with Crippen LogP contribution in [-0.2, 0) is 85.6 Å². The Bertz CT molecular complexity index is 2430. The summed E-state index contributed by atoms with van der Waals surface area (Å²) in [5, 5.41) is 8.32. The minimum Gasteiger partial charge on any atom is -0.447 e. The van der Waals surface area contributed by atoms with Gasteiger partial charge in [-0.2, -0.15) is 13.2 Å².